The van der Waals surface area contributed by atoms with Crippen LogP contribution in [0.15, 0.2) is 48.5 Å². The fraction of sp³-hybridized carbons (Fsp3) is 0.261. The molecule has 30 heavy (non-hydrogen) atoms. The fourth-order valence-corrected chi connectivity index (χ4v) is 4.24. The van der Waals surface area contributed by atoms with Crippen LogP contribution in [-0.2, 0) is 0 Å². The van der Waals surface area contributed by atoms with E-state index in [1.54, 1.807) is 0 Å². The minimum absolute atomic E-state index is 0.706. The Morgan fingerprint density at radius 1 is 0.900 bits per heavy atom. The number of nitrogens with zero attached hydrogens (tertiary/aromatic N) is 5. The Kier molecular flexibility index (Phi) is 4.79. The predicted molar refractivity (Wildman–Crippen MR) is 122 cm³/mol. The minimum atomic E-state index is 0.706. The summed E-state index contributed by atoms with van der Waals surface area (Å²) in [5, 5.41) is 9.27. The first kappa shape index (κ1) is 18.9. The molecule has 0 unspecified atom stereocenters. The fourth-order valence-electron chi connectivity index (χ4n) is 4.07. The highest BCUT2D eigenvalue weighted by Gasteiger charge is 2.24. The maximum absolute atomic E-state index is 6.24. The number of fused-ring (bicyclic) bond motifs is 1. The van der Waals surface area contributed by atoms with Gasteiger partial charge in [-0.05, 0) is 31.5 Å². The number of nitrogens with one attached hydrogen (secondary N) is 1. The van der Waals surface area contributed by atoms with Crippen LogP contribution >= 0.6 is 11.6 Å². The molecule has 2 aromatic heterocycles. The lowest BCUT2D eigenvalue weighted by atomic mass is 10.1. The molecule has 2 aromatic carbocycles. The highest BCUT2D eigenvalue weighted by atomic mass is 35.5. The molecule has 0 aliphatic carbocycles. The second-order valence-corrected chi connectivity index (χ2v) is 8.13. The highest BCUT2D eigenvalue weighted by molar-refractivity contribution is 6.30. The molecule has 6 nitrogen and oxygen atoms in total. The van der Waals surface area contributed by atoms with Gasteiger partial charge in [-0.3, -0.25) is 5.10 Å². The molecular formula is C23H23ClN6. The molecule has 1 aliphatic rings. The Hall–Kier alpha value is -3.12. The number of halogens is 1. The largest absolute Gasteiger partial charge is 0.368 e. The molecular weight excluding hydrogens is 396 g/mol. The number of H-pyrrole nitrogens is 1. The third kappa shape index (κ3) is 3.37. The van der Waals surface area contributed by atoms with E-state index < -0.39 is 0 Å². The second-order valence-electron chi connectivity index (χ2n) is 7.69. The van der Waals surface area contributed by atoms with E-state index in [2.05, 4.69) is 39.1 Å². The number of benzene rings is 2. The van der Waals surface area contributed by atoms with Crippen LogP contribution in [0.1, 0.15) is 11.3 Å². The summed E-state index contributed by atoms with van der Waals surface area (Å²) in [5.74, 6) is 1.66. The first-order chi connectivity index (χ1) is 14.6. The van der Waals surface area contributed by atoms with E-state index in [0.717, 1.165) is 53.7 Å². The summed E-state index contributed by atoms with van der Waals surface area (Å²) in [5.41, 5.74) is 5.15. The van der Waals surface area contributed by atoms with Gasteiger partial charge >= 0.3 is 0 Å². The van der Waals surface area contributed by atoms with Crippen LogP contribution < -0.4 is 9.80 Å². The third-order valence-electron chi connectivity index (χ3n) is 5.70. The Morgan fingerprint density at radius 3 is 2.40 bits per heavy atom. The standard InChI is InChI=1S/C23H23ClN6/c1-15-8-9-18(24)14-19(15)29-10-12-30(13-11-29)23-20-16(2)27-28-22(20)25-21(26-23)17-6-4-3-5-7-17/h3-9,14H,10-13H2,1-2H3,(H,25,26,27,28). The number of aryl methyl sites for hydroxylation is 2. The van der Waals surface area contributed by atoms with Crippen molar-refractivity contribution in [1.29, 1.82) is 0 Å². The Morgan fingerprint density at radius 2 is 1.63 bits per heavy atom. The number of anilines is 2. The van der Waals surface area contributed by atoms with E-state index in [0.29, 0.717) is 11.5 Å². The molecule has 0 spiro atoms. The molecule has 4 aromatic rings. The first-order valence-electron chi connectivity index (χ1n) is 10.1. The molecule has 3 heterocycles. The smallest absolute Gasteiger partial charge is 0.186 e. The summed E-state index contributed by atoms with van der Waals surface area (Å²) in [7, 11) is 0. The van der Waals surface area contributed by atoms with E-state index in [1.807, 2.05) is 43.3 Å². The van der Waals surface area contributed by atoms with Gasteiger partial charge in [0.2, 0.25) is 0 Å². The number of rotatable bonds is 3. The van der Waals surface area contributed by atoms with Crippen LogP contribution in [0.2, 0.25) is 5.02 Å². The number of aromatic nitrogens is 4. The molecule has 152 valence electrons. The summed E-state index contributed by atoms with van der Waals surface area (Å²) in [4.78, 5) is 14.4. The maximum atomic E-state index is 6.24. The van der Waals surface area contributed by atoms with Gasteiger partial charge in [-0.25, -0.2) is 9.97 Å². The average Bonchev–Trinajstić information content (AvgIpc) is 3.16. The van der Waals surface area contributed by atoms with Gasteiger partial charge < -0.3 is 9.80 Å². The van der Waals surface area contributed by atoms with E-state index >= 15 is 0 Å². The topological polar surface area (TPSA) is 60.9 Å². The van der Waals surface area contributed by atoms with Crippen molar-refractivity contribution in [2.75, 3.05) is 36.0 Å². The molecule has 7 heteroatoms. The number of aromatic amines is 1. The van der Waals surface area contributed by atoms with Gasteiger partial charge in [0.25, 0.3) is 0 Å². The Balaban J connectivity index is 1.48. The first-order valence-corrected chi connectivity index (χ1v) is 10.5. The molecule has 0 saturated carbocycles. The Bertz CT molecular complexity index is 1200. The van der Waals surface area contributed by atoms with E-state index in [-0.39, 0.29) is 0 Å². The van der Waals surface area contributed by atoms with Gasteiger partial charge in [-0.2, -0.15) is 5.10 Å². The van der Waals surface area contributed by atoms with Gasteiger partial charge in [0, 0.05) is 48.1 Å². The van der Waals surface area contributed by atoms with Crippen LogP contribution in [0.3, 0.4) is 0 Å². The number of hydrogen-bond donors (Lipinski definition) is 1. The van der Waals surface area contributed by atoms with Gasteiger partial charge in [0.05, 0.1) is 5.39 Å². The van der Waals surface area contributed by atoms with E-state index in [4.69, 9.17) is 21.6 Å². The normalized spacial score (nSPS) is 14.5. The monoisotopic (exact) mass is 418 g/mol. The summed E-state index contributed by atoms with van der Waals surface area (Å²) in [6, 6.07) is 16.2. The van der Waals surface area contributed by atoms with Crippen LogP contribution in [0.5, 0.6) is 0 Å². The lowest BCUT2D eigenvalue weighted by Crippen LogP contribution is -2.47. The zero-order chi connectivity index (χ0) is 20.7. The lowest BCUT2D eigenvalue weighted by molar-refractivity contribution is 0.648. The molecule has 1 N–H and O–H groups in total. The van der Waals surface area contributed by atoms with Gasteiger partial charge in [0.1, 0.15) is 5.82 Å². The predicted octanol–water partition coefficient (Wildman–Crippen LogP) is 4.62. The molecule has 0 bridgehead atoms. The summed E-state index contributed by atoms with van der Waals surface area (Å²) < 4.78 is 0. The second kappa shape index (κ2) is 7.61. The van der Waals surface area contributed by atoms with Crippen molar-refractivity contribution in [3.63, 3.8) is 0 Å². The summed E-state index contributed by atoms with van der Waals surface area (Å²) in [6.45, 7) is 7.71. The van der Waals surface area contributed by atoms with Crippen LogP contribution in [-0.4, -0.2) is 46.3 Å². The van der Waals surface area contributed by atoms with Crippen LogP contribution in [0.4, 0.5) is 11.5 Å². The molecule has 0 atom stereocenters. The highest BCUT2D eigenvalue weighted by Crippen LogP contribution is 2.31. The molecule has 0 radical (unpaired) electrons. The minimum Gasteiger partial charge on any atom is -0.368 e. The summed E-state index contributed by atoms with van der Waals surface area (Å²) in [6.07, 6.45) is 0. The van der Waals surface area contributed by atoms with Crippen molar-refractivity contribution in [3.8, 4) is 11.4 Å². The van der Waals surface area contributed by atoms with Crippen molar-refractivity contribution in [1.82, 2.24) is 20.2 Å². The van der Waals surface area contributed by atoms with Crippen molar-refractivity contribution in [2.24, 2.45) is 0 Å². The zero-order valence-electron chi connectivity index (χ0n) is 17.1. The zero-order valence-corrected chi connectivity index (χ0v) is 17.8. The van der Waals surface area contributed by atoms with E-state index in [9.17, 15) is 0 Å². The van der Waals surface area contributed by atoms with Crippen LogP contribution in [0, 0.1) is 13.8 Å². The third-order valence-corrected chi connectivity index (χ3v) is 5.93. The van der Waals surface area contributed by atoms with Crippen LogP contribution in [0.25, 0.3) is 22.4 Å². The Labute approximate surface area is 180 Å². The average molecular weight is 419 g/mol. The van der Waals surface area contributed by atoms with Gasteiger partial charge in [0.15, 0.2) is 11.5 Å². The molecule has 1 aliphatic heterocycles. The van der Waals surface area contributed by atoms with Gasteiger partial charge in [-0.15, -0.1) is 0 Å². The SMILES string of the molecule is Cc1ccc(Cl)cc1N1CCN(c2nc(-c3ccccc3)nc3n[nH]c(C)c23)CC1. The van der Waals surface area contributed by atoms with Crippen molar-refractivity contribution >= 4 is 34.1 Å². The molecule has 0 amide bonds. The van der Waals surface area contributed by atoms with Crippen molar-refractivity contribution in [3.05, 3.63) is 64.8 Å². The maximum Gasteiger partial charge on any atom is 0.186 e. The lowest BCUT2D eigenvalue weighted by Gasteiger charge is -2.37. The van der Waals surface area contributed by atoms with Crippen molar-refractivity contribution in [2.45, 2.75) is 13.8 Å². The number of hydrogen-bond acceptors (Lipinski definition) is 5. The van der Waals surface area contributed by atoms with E-state index in [1.165, 1.54) is 11.3 Å². The summed E-state index contributed by atoms with van der Waals surface area (Å²) >= 11 is 6.24. The number of piperazine rings is 1. The van der Waals surface area contributed by atoms with Gasteiger partial charge in [-0.1, -0.05) is 48.0 Å². The molecule has 1 fully saturated rings. The van der Waals surface area contributed by atoms with Crippen molar-refractivity contribution < 1.29 is 0 Å². The molecule has 5 rings (SSSR count). The molecule has 1 saturated heterocycles. The quantitative estimate of drug-likeness (QED) is 0.526.